The molecule has 300 valence electrons. The molecular formula is C62H41NO. The predicted octanol–water partition coefficient (Wildman–Crippen LogP) is 17.7. The minimum absolute atomic E-state index is 0.853. The Morgan fingerprint density at radius 3 is 1.33 bits per heavy atom. The molecule has 12 rings (SSSR count). The second kappa shape index (κ2) is 15.8. The summed E-state index contributed by atoms with van der Waals surface area (Å²) in [7, 11) is 0. The zero-order valence-corrected chi connectivity index (χ0v) is 35.0. The highest BCUT2D eigenvalue weighted by molar-refractivity contribution is 6.22. The molecule has 0 aliphatic heterocycles. The Labute approximate surface area is 372 Å². The molecule has 0 saturated heterocycles. The van der Waals surface area contributed by atoms with Crippen LogP contribution in [0.3, 0.4) is 0 Å². The third-order valence-corrected chi connectivity index (χ3v) is 12.6. The maximum Gasteiger partial charge on any atom is 0.137 e. The van der Waals surface area contributed by atoms with E-state index in [1.165, 1.54) is 43.8 Å². The van der Waals surface area contributed by atoms with Crippen molar-refractivity contribution in [1.82, 2.24) is 0 Å². The lowest BCUT2D eigenvalue weighted by Crippen LogP contribution is -2.10. The summed E-state index contributed by atoms with van der Waals surface area (Å²) in [4.78, 5) is 2.38. The molecule has 0 atom stereocenters. The quantitative estimate of drug-likeness (QED) is 0.142. The first-order valence-corrected chi connectivity index (χ1v) is 21.9. The van der Waals surface area contributed by atoms with Crippen LogP contribution >= 0.6 is 0 Å². The van der Waals surface area contributed by atoms with Crippen LogP contribution in [0.1, 0.15) is 0 Å². The molecule has 0 bridgehead atoms. The van der Waals surface area contributed by atoms with E-state index in [4.69, 9.17) is 4.42 Å². The summed E-state index contributed by atoms with van der Waals surface area (Å²) in [5.41, 5.74) is 16.6. The molecule has 1 heterocycles. The van der Waals surface area contributed by atoms with Crippen LogP contribution < -0.4 is 4.90 Å². The highest BCUT2D eigenvalue weighted by Gasteiger charge is 2.21. The standard InChI is InChI=1S/C62H41NO/c1-5-18-42(19-6-1)48-36-49(43-20-7-2-8-21-43)39-52(38-48)63(51-33-35-56-55-29-15-16-31-59(55)64-60(56)41-51)50-27-17-26-46(37-50)47-32-34-54-53-28-13-14-30-57(53)61(44-22-9-3-10-23-44)62(58(54)40-47)45-24-11-4-12-25-45/h1-41H. The van der Waals surface area contributed by atoms with Gasteiger partial charge in [-0.1, -0.05) is 188 Å². The minimum atomic E-state index is 0.853. The van der Waals surface area contributed by atoms with Crippen molar-refractivity contribution in [3.8, 4) is 55.6 Å². The lowest BCUT2D eigenvalue weighted by Gasteiger charge is -2.27. The van der Waals surface area contributed by atoms with E-state index < -0.39 is 0 Å². The van der Waals surface area contributed by atoms with Crippen LogP contribution in [0, 0.1) is 0 Å². The summed E-state index contributed by atoms with van der Waals surface area (Å²) < 4.78 is 6.53. The maximum atomic E-state index is 6.53. The molecule has 64 heavy (non-hydrogen) atoms. The zero-order chi connectivity index (χ0) is 42.4. The normalized spacial score (nSPS) is 11.4. The molecule has 2 nitrogen and oxygen atoms in total. The topological polar surface area (TPSA) is 16.4 Å². The number of hydrogen-bond acceptors (Lipinski definition) is 2. The van der Waals surface area contributed by atoms with Crippen molar-refractivity contribution < 1.29 is 4.42 Å². The van der Waals surface area contributed by atoms with Gasteiger partial charge in [0.25, 0.3) is 0 Å². The van der Waals surface area contributed by atoms with E-state index in [1.54, 1.807) is 0 Å². The zero-order valence-electron chi connectivity index (χ0n) is 35.0. The van der Waals surface area contributed by atoms with E-state index in [0.29, 0.717) is 0 Å². The van der Waals surface area contributed by atoms with Crippen molar-refractivity contribution in [2.24, 2.45) is 0 Å². The van der Waals surface area contributed by atoms with E-state index in [9.17, 15) is 0 Å². The first kappa shape index (κ1) is 37.3. The Morgan fingerprint density at radius 2 is 0.672 bits per heavy atom. The van der Waals surface area contributed by atoms with Crippen LogP contribution in [0.4, 0.5) is 17.1 Å². The van der Waals surface area contributed by atoms with Crippen molar-refractivity contribution in [3.63, 3.8) is 0 Å². The van der Waals surface area contributed by atoms with E-state index in [2.05, 4.69) is 241 Å². The summed E-state index contributed by atoms with van der Waals surface area (Å²) in [5.74, 6) is 0. The van der Waals surface area contributed by atoms with Gasteiger partial charge in [-0.05, 0) is 132 Å². The summed E-state index contributed by atoms with van der Waals surface area (Å²) in [6.45, 7) is 0. The fraction of sp³-hybridized carbons (Fsp3) is 0. The van der Waals surface area contributed by atoms with Crippen molar-refractivity contribution >= 4 is 60.5 Å². The number of para-hydroxylation sites is 1. The van der Waals surface area contributed by atoms with E-state index in [-0.39, 0.29) is 0 Å². The monoisotopic (exact) mass is 815 g/mol. The number of anilines is 3. The second-order valence-corrected chi connectivity index (χ2v) is 16.5. The maximum absolute atomic E-state index is 6.53. The SMILES string of the molecule is c1ccc(-c2cc(-c3ccccc3)cc(N(c3cccc(-c4ccc5c(c4)c(-c4ccccc4)c(-c4ccccc4)c4ccccc45)c3)c3ccc4c(c3)oc3ccccc34)c2)cc1. The molecule has 0 amide bonds. The molecule has 0 saturated carbocycles. The van der Waals surface area contributed by atoms with Crippen molar-refractivity contribution in [1.29, 1.82) is 0 Å². The van der Waals surface area contributed by atoms with Gasteiger partial charge in [-0.25, -0.2) is 0 Å². The van der Waals surface area contributed by atoms with Gasteiger partial charge >= 0.3 is 0 Å². The third-order valence-electron chi connectivity index (χ3n) is 12.6. The van der Waals surface area contributed by atoms with Crippen molar-refractivity contribution in [2.45, 2.75) is 0 Å². The predicted molar refractivity (Wildman–Crippen MR) is 271 cm³/mol. The summed E-state index contributed by atoms with van der Waals surface area (Å²) in [6.07, 6.45) is 0. The Hall–Kier alpha value is -8.46. The summed E-state index contributed by atoms with van der Waals surface area (Å²) in [6, 6.07) is 89.8. The number of furan rings is 1. The molecule has 0 spiro atoms. The number of benzene rings is 11. The van der Waals surface area contributed by atoms with Gasteiger partial charge in [0.1, 0.15) is 11.2 Å². The average Bonchev–Trinajstić information content (AvgIpc) is 3.75. The molecule has 2 heteroatoms. The summed E-state index contributed by atoms with van der Waals surface area (Å²) >= 11 is 0. The van der Waals surface area contributed by atoms with Crippen LogP contribution in [0.15, 0.2) is 253 Å². The van der Waals surface area contributed by atoms with Crippen molar-refractivity contribution in [3.05, 3.63) is 249 Å². The molecule has 11 aromatic carbocycles. The molecule has 0 aliphatic rings. The molecule has 12 aromatic rings. The van der Waals surface area contributed by atoms with Crippen LogP contribution in [-0.2, 0) is 0 Å². The number of hydrogen-bond donors (Lipinski definition) is 0. The number of fused-ring (bicyclic) bond motifs is 6. The third kappa shape index (κ3) is 6.61. The van der Waals surface area contributed by atoms with Crippen molar-refractivity contribution in [2.75, 3.05) is 4.90 Å². The van der Waals surface area contributed by atoms with Gasteiger partial charge in [-0.15, -0.1) is 0 Å². The van der Waals surface area contributed by atoms with Gasteiger partial charge in [-0.3, -0.25) is 0 Å². The molecular weight excluding hydrogens is 775 g/mol. The van der Waals surface area contributed by atoms with Gasteiger partial charge in [0.2, 0.25) is 0 Å². The first-order chi connectivity index (χ1) is 31.7. The van der Waals surface area contributed by atoms with Gasteiger partial charge in [0.15, 0.2) is 0 Å². The van der Waals surface area contributed by atoms with E-state index >= 15 is 0 Å². The van der Waals surface area contributed by atoms with E-state index in [1.807, 2.05) is 12.1 Å². The van der Waals surface area contributed by atoms with Gasteiger partial charge in [0, 0.05) is 33.9 Å². The average molecular weight is 816 g/mol. The molecule has 1 aromatic heterocycles. The largest absolute Gasteiger partial charge is 0.456 e. The number of rotatable bonds is 8. The highest BCUT2D eigenvalue weighted by Crippen LogP contribution is 2.47. The second-order valence-electron chi connectivity index (χ2n) is 16.5. The Bertz CT molecular complexity index is 3590. The Balaban J connectivity index is 1.09. The molecule has 0 fully saturated rings. The Kier molecular flexibility index (Phi) is 9.20. The first-order valence-electron chi connectivity index (χ1n) is 21.9. The molecule has 0 unspecified atom stereocenters. The lowest BCUT2D eigenvalue weighted by molar-refractivity contribution is 0.669. The minimum Gasteiger partial charge on any atom is -0.456 e. The molecule has 0 radical (unpaired) electrons. The van der Waals surface area contributed by atoms with Gasteiger partial charge < -0.3 is 9.32 Å². The highest BCUT2D eigenvalue weighted by atomic mass is 16.3. The molecule has 0 aliphatic carbocycles. The molecule has 0 N–H and O–H groups in total. The fourth-order valence-electron chi connectivity index (χ4n) is 9.64. The Morgan fingerprint density at radius 1 is 0.219 bits per heavy atom. The smallest absolute Gasteiger partial charge is 0.137 e. The van der Waals surface area contributed by atoms with Gasteiger partial charge in [-0.2, -0.15) is 0 Å². The van der Waals surface area contributed by atoms with Crippen LogP contribution in [0.25, 0.3) is 99.1 Å². The van der Waals surface area contributed by atoms with Crippen LogP contribution in [0.5, 0.6) is 0 Å². The number of nitrogens with zero attached hydrogens (tertiary/aromatic N) is 1. The lowest BCUT2D eigenvalue weighted by atomic mass is 9.84. The van der Waals surface area contributed by atoms with E-state index in [0.717, 1.165) is 72.4 Å². The summed E-state index contributed by atoms with van der Waals surface area (Å²) in [5, 5.41) is 7.17. The van der Waals surface area contributed by atoms with Crippen LogP contribution in [0.2, 0.25) is 0 Å². The van der Waals surface area contributed by atoms with Gasteiger partial charge in [0.05, 0.1) is 0 Å². The fourth-order valence-corrected chi connectivity index (χ4v) is 9.64. The van der Waals surface area contributed by atoms with Crippen LogP contribution in [-0.4, -0.2) is 0 Å².